The first-order valence-corrected chi connectivity index (χ1v) is 13.8. The molecule has 7 heteroatoms. The van der Waals surface area contributed by atoms with E-state index in [1.54, 1.807) is 27.8 Å². The highest BCUT2D eigenvalue weighted by molar-refractivity contribution is 7.89. The lowest BCUT2D eigenvalue weighted by Crippen LogP contribution is -2.27. The second kappa shape index (κ2) is 9.70. The van der Waals surface area contributed by atoms with Gasteiger partial charge in [-0.25, -0.2) is 13.4 Å². The number of thiazole rings is 1. The van der Waals surface area contributed by atoms with Gasteiger partial charge >= 0.3 is 0 Å². The molecule has 0 radical (unpaired) electrons. The molecule has 4 aromatic rings. The van der Waals surface area contributed by atoms with Crippen LogP contribution < -0.4 is 4.80 Å². The van der Waals surface area contributed by atoms with Crippen molar-refractivity contribution in [1.29, 1.82) is 0 Å². The van der Waals surface area contributed by atoms with Gasteiger partial charge in [0.1, 0.15) is 0 Å². The zero-order chi connectivity index (χ0) is 23.5. The monoisotopic (exact) mass is 489 g/mol. The third kappa shape index (κ3) is 4.78. The number of benzene rings is 3. The fraction of sp³-hybridized carbons (Fsp3) is 0.222. The SMILES string of the molecule is Cc1ccc(Cn2c(-c3cccc(S(=O)(=O)N4CCCC4)c3)csc2=Nc2ccccc2)cc1. The highest BCUT2D eigenvalue weighted by Gasteiger charge is 2.27. The summed E-state index contributed by atoms with van der Waals surface area (Å²) in [5.74, 6) is 0. The number of nitrogens with zero attached hydrogens (tertiary/aromatic N) is 3. The molecule has 1 aliphatic heterocycles. The van der Waals surface area contributed by atoms with E-state index in [9.17, 15) is 8.42 Å². The van der Waals surface area contributed by atoms with Gasteiger partial charge in [-0.2, -0.15) is 4.31 Å². The molecule has 1 aliphatic rings. The predicted octanol–water partition coefficient (Wildman–Crippen LogP) is 5.59. The summed E-state index contributed by atoms with van der Waals surface area (Å²) in [5.41, 5.74) is 5.10. The molecule has 0 N–H and O–H groups in total. The second-order valence-corrected chi connectivity index (χ2v) is 11.3. The summed E-state index contributed by atoms with van der Waals surface area (Å²) < 4.78 is 30.1. The fourth-order valence-corrected chi connectivity index (χ4v) is 6.68. The van der Waals surface area contributed by atoms with E-state index in [4.69, 9.17) is 4.99 Å². The summed E-state index contributed by atoms with van der Waals surface area (Å²) in [4.78, 5) is 6.11. The van der Waals surface area contributed by atoms with Crippen LogP contribution in [0.2, 0.25) is 0 Å². The maximum Gasteiger partial charge on any atom is 0.243 e. The van der Waals surface area contributed by atoms with Crippen LogP contribution in [0.1, 0.15) is 24.0 Å². The van der Waals surface area contributed by atoms with E-state index >= 15 is 0 Å². The summed E-state index contributed by atoms with van der Waals surface area (Å²) in [6, 6.07) is 25.7. The molecule has 1 fully saturated rings. The lowest BCUT2D eigenvalue weighted by Gasteiger charge is -2.16. The van der Waals surface area contributed by atoms with Gasteiger partial charge in [0.15, 0.2) is 4.80 Å². The predicted molar refractivity (Wildman–Crippen MR) is 138 cm³/mol. The fourth-order valence-electron chi connectivity index (χ4n) is 4.18. The minimum Gasteiger partial charge on any atom is -0.312 e. The van der Waals surface area contributed by atoms with Crippen molar-refractivity contribution in [2.24, 2.45) is 4.99 Å². The normalized spacial score (nSPS) is 15.1. The number of rotatable bonds is 6. The Labute approximate surface area is 204 Å². The molecule has 0 aliphatic carbocycles. The van der Waals surface area contributed by atoms with Crippen molar-refractivity contribution in [2.45, 2.75) is 31.2 Å². The van der Waals surface area contributed by atoms with Crippen molar-refractivity contribution in [1.82, 2.24) is 8.87 Å². The number of sulfonamides is 1. The van der Waals surface area contributed by atoms with E-state index in [-0.39, 0.29) is 0 Å². The van der Waals surface area contributed by atoms with Gasteiger partial charge in [0.2, 0.25) is 10.0 Å². The number of aromatic nitrogens is 1. The molecular formula is C27H27N3O2S2. The molecule has 0 bridgehead atoms. The van der Waals surface area contributed by atoms with Crippen molar-refractivity contribution >= 4 is 27.0 Å². The lowest BCUT2D eigenvalue weighted by atomic mass is 10.1. The van der Waals surface area contributed by atoms with E-state index in [1.807, 2.05) is 42.5 Å². The Morgan fingerprint density at radius 1 is 0.912 bits per heavy atom. The standard InChI is InChI=1S/C27H27N3O2S2/c1-21-12-14-22(15-13-21)19-30-26(20-33-27(30)28-24-9-3-2-4-10-24)23-8-7-11-25(18-23)34(31,32)29-16-5-6-17-29/h2-4,7-15,18,20H,5-6,16-17,19H2,1H3. The summed E-state index contributed by atoms with van der Waals surface area (Å²) in [6.45, 7) is 3.92. The molecule has 34 heavy (non-hydrogen) atoms. The van der Waals surface area contributed by atoms with Crippen LogP contribution in [-0.4, -0.2) is 30.4 Å². The van der Waals surface area contributed by atoms with Gasteiger partial charge in [-0.3, -0.25) is 0 Å². The van der Waals surface area contributed by atoms with Gasteiger partial charge in [-0.05, 0) is 49.6 Å². The second-order valence-electron chi connectivity index (χ2n) is 8.56. The third-order valence-electron chi connectivity index (χ3n) is 6.07. The van der Waals surface area contributed by atoms with Crippen LogP contribution in [0.5, 0.6) is 0 Å². The zero-order valence-corrected chi connectivity index (χ0v) is 20.7. The van der Waals surface area contributed by atoms with Crippen LogP contribution in [0.25, 0.3) is 11.3 Å². The molecule has 5 rings (SSSR count). The van der Waals surface area contributed by atoms with Gasteiger partial charge in [-0.1, -0.05) is 60.2 Å². The van der Waals surface area contributed by atoms with Crippen molar-refractivity contribution in [3.8, 4) is 11.3 Å². The van der Waals surface area contributed by atoms with Crippen molar-refractivity contribution < 1.29 is 8.42 Å². The van der Waals surface area contributed by atoms with E-state index in [0.29, 0.717) is 24.5 Å². The van der Waals surface area contributed by atoms with Crippen LogP contribution in [-0.2, 0) is 16.6 Å². The molecule has 0 amide bonds. The molecule has 0 spiro atoms. The number of hydrogen-bond donors (Lipinski definition) is 0. The van der Waals surface area contributed by atoms with Crippen molar-refractivity contribution in [2.75, 3.05) is 13.1 Å². The molecule has 3 aromatic carbocycles. The topological polar surface area (TPSA) is 54.7 Å². The maximum atomic E-state index is 13.2. The highest BCUT2D eigenvalue weighted by atomic mass is 32.2. The van der Waals surface area contributed by atoms with Crippen LogP contribution in [0.3, 0.4) is 0 Å². The minimum atomic E-state index is -3.48. The van der Waals surface area contributed by atoms with E-state index in [0.717, 1.165) is 34.6 Å². The van der Waals surface area contributed by atoms with Gasteiger partial charge in [0.05, 0.1) is 22.8 Å². The Morgan fingerprint density at radius 2 is 1.65 bits per heavy atom. The number of para-hydroxylation sites is 1. The largest absolute Gasteiger partial charge is 0.312 e. The Kier molecular flexibility index (Phi) is 6.50. The minimum absolute atomic E-state index is 0.349. The summed E-state index contributed by atoms with van der Waals surface area (Å²) in [6.07, 6.45) is 1.84. The molecule has 0 unspecified atom stereocenters. The van der Waals surface area contributed by atoms with Crippen molar-refractivity contribution in [3.05, 3.63) is 100 Å². The average molecular weight is 490 g/mol. The van der Waals surface area contributed by atoms with Crippen LogP contribution >= 0.6 is 11.3 Å². The van der Waals surface area contributed by atoms with Crippen LogP contribution in [0.15, 0.2) is 94.1 Å². The van der Waals surface area contributed by atoms with Crippen LogP contribution in [0.4, 0.5) is 5.69 Å². The third-order valence-corrected chi connectivity index (χ3v) is 8.83. The van der Waals surface area contributed by atoms with Crippen LogP contribution in [0, 0.1) is 6.92 Å². The number of hydrogen-bond acceptors (Lipinski definition) is 4. The van der Waals surface area contributed by atoms with Gasteiger partial charge in [0.25, 0.3) is 0 Å². The summed E-state index contributed by atoms with van der Waals surface area (Å²) >= 11 is 1.56. The Hall–Kier alpha value is -3.00. The van der Waals surface area contributed by atoms with E-state index in [1.165, 1.54) is 11.1 Å². The molecule has 0 atom stereocenters. The Balaban J connectivity index is 1.60. The quantitative estimate of drug-likeness (QED) is 0.355. The van der Waals surface area contributed by atoms with Crippen molar-refractivity contribution in [3.63, 3.8) is 0 Å². The lowest BCUT2D eigenvalue weighted by molar-refractivity contribution is 0.477. The first-order chi connectivity index (χ1) is 16.5. The van der Waals surface area contributed by atoms with Gasteiger partial charge < -0.3 is 4.57 Å². The highest BCUT2D eigenvalue weighted by Crippen LogP contribution is 2.27. The molecule has 174 valence electrons. The Morgan fingerprint density at radius 3 is 2.38 bits per heavy atom. The number of aryl methyl sites for hydroxylation is 1. The molecule has 1 saturated heterocycles. The maximum absolute atomic E-state index is 13.2. The summed E-state index contributed by atoms with van der Waals surface area (Å²) in [7, 11) is -3.48. The smallest absolute Gasteiger partial charge is 0.243 e. The molecule has 5 nitrogen and oxygen atoms in total. The van der Waals surface area contributed by atoms with E-state index in [2.05, 4.69) is 41.1 Å². The average Bonchev–Trinajstić information content (AvgIpc) is 3.53. The summed E-state index contributed by atoms with van der Waals surface area (Å²) in [5, 5.41) is 2.07. The molecule has 2 heterocycles. The molecular weight excluding hydrogens is 462 g/mol. The molecule has 0 saturated carbocycles. The molecule has 1 aromatic heterocycles. The van der Waals surface area contributed by atoms with Gasteiger partial charge in [0, 0.05) is 24.0 Å². The first-order valence-electron chi connectivity index (χ1n) is 11.4. The Bertz CT molecular complexity index is 1450. The zero-order valence-electron chi connectivity index (χ0n) is 19.1. The van der Waals surface area contributed by atoms with Gasteiger partial charge in [-0.15, -0.1) is 11.3 Å². The van der Waals surface area contributed by atoms with E-state index < -0.39 is 10.0 Å². The first kappa shape index (κ1) is 22.8.